The predicted octanol–water partition coefficient (Wildman–Crippen LogP) is 4.64. The number of rotatable bonds is 4. The van der Waals surface area contributed by atoms with Crippen molar-refractivity contribution in [2.75, 3.05) is 13.2 Å². The third-order valence-corrected chi connectivity index (χ3v) is 6.22. The zero-order chi connectivity index (χ0) is 20.8. The highest BCUT2D eigenvalue weighted by Gasteiger charge is 2.43. The number of carbonyl (C=O) groups excluding carboxylic acids is 1. The number of benzene rings is 2. The van der Waals surface area contributed by atoms with Crippen molar-refractivity contribution in [3.8, 4) is 0 Å². The molecule has 5 nitrogen and oxygen atoms in total. The Bertz CT molecular complexity index is 1160. The average molecular weight is 403 g/mol. The lowest BCUT2D eigenvalue weighted by atomic mass is 9.95. The van der Waals surface area contributed by atoms with E-state index in [-0.39, 0.29) is 23.2 Å². The third-order valence-electron chi connectivity index (χ3n) is 6.22. The lowest BCUT2D eigenvalue weighted by Gasteiger charge is -2.27. The molecule has 3 aromatic rings. The van der Waals surface area contributed by atoms with Gasteiger partial charge in [-0.05, 0) is 42.0 Å². The summed E-state index contributed by atoms with van der Waals surface area (Å²) in [6, 6.07) is 14.9. The Morgan fingerprint density at radius 2 is 1.83 bits per heavy atom. The summed E-state index contributed by atoms with van der Waals surface area (Å²) >= 11 is 0. The first-order valence-electron chi connectivity index (χ1n) is 10.6. The van der Waals surface area contributed by atoms with Gasteiger partial charge in [0, 0.05) is 13.2 Å². The van der Waals surface area contributed by atoms with Crippen LogP contribution in [0.2, 0.25) is 0 Å². The SMILES string of the molecule is CC(C)c1ccc([C@H]2c3c(oc4ccccc4c3=O)C(=O)N2C[C@H]2CCCO2)cc1. The van der Waals surface area contributed by atoms with Crippen LogP contribution in [-0.2, 0) is 4.74 Å². The standard InChI is InChI=1S/C25H25NO4/c1-15(2)16-9-11-17(12-10-16)22-21-23(27)19-7-3-4-8-20(19)30-24(21)25(28)26(22)14-18-6-5-13-29-18/h3-4,7-12,15,18,22H,5-6,13-14H2,1-2H3/t18-,22+/m1/s1. The van der Waals surface area contributed by atoms with E-state index in [1.165, 1.54) is 5.56 Å². The average Bonchev–Trinajstić information content (AvgIpc) is 3.36. The smallest absolute Gasteiger partial charge is 0.291 e. The highest BCUT2D eigenvalue weighted by Crippen LogP contribution is 2.39. The number of hydrogen-bond acceptors (Lipinski definition) is 4. The molecule has 0 unspecified atom stereocenters. The second-order valence-electron chi connectivity index (χ2n) is 8.49. The van der Waals surface area contributed by atoms with Gasteiger partial charge in [0.2, 0.25) is 5.76 Å². The van der Waals surface area contributed by atoms with Crippen LogP contribution in [0.1, 0.15) is 65.9 Å². The molecule has 1 saturated heterocycles. The van der Waals surface area contributed by atoms with E-state index in [1.54, 1.807) is 17.0 Å². The first-order chi connectivity index (χ1) is 14.5. The third kappa shape index (κ3) is 3.05. The minimum Gasteiger partial charge on any atom is -0.450 e. The lowest BCUT2D eigenvalue weighted by molar-refractivity contribution is 0.0486. The molecular formula is C25H25NO4. The molecule has 1 amide bonds. The van der Waals surface area contributed by atoms with Crippen molar-refractivity contribution in [1.29, 1.82) is 0 Å². The number of fused-ring (bicyclic) bond motifs is 2. The molecule has 0 aliphatic carbocycles. The number of carbonyl (C=O) groups is 1. The summed E-state index contributed by atoms with van der Waals surface area (Å²) < 4.78 is 11.8. The molecule has 0 saturated carbocycles. The second kappa shape index (κ2) is 7.40. The maximum Gasteiger partial charge on any atom is 0.291 e. The van der Waals surface area contributed by atoms with E-state index in [9.17, 15) is 9.59 Å². The van der Waals surface area contributed by atoms with E-state index in [1.807, 2.05) is 24.3 Å². The van der Waals surface area contributed by atoms with Crippen molar-refractivity contribution in [3.63, 3.8) is 0 Å². The van der Waals surface area contributed by atoms with Crippen LogP contribution >= 0.6 is 0 Å². The Balaban J connectivity index is 1.67. The van der Waals surface area contributed by atoms with Gasteiger partial charge in [0.15, 0.2) is 5.43 Å². The van der Waals surface area contributed by atoms with Gasteiger partial charge in [-0.25, -0.2) is 0 Å². The monoisotopic (exact) mass is 403 g/mol. The quantitative estimate of drug-likeness (QED) is 0.637. The molecule has 2 aliphatic rings. The molecule has 154 valence electrons. The number of ether oxygens (including phenoxy) is 1. The summed E-state index contributed by atoms with van der Waals surface area (Å²) in [6.45, 7) is 5.46. The molecule has 2 aliphatic heterocycles. The molecule has 2 aromatic carbocycles. The topological polar surface area (TPSA) is 59.8 Å². The Morgan fingerprint density at radius 3 is 2.53 bits per heavy atom. The number of para-hydroxylation sites is 1. The summed E-state index contributed by atoms with van der Waals surface area (Å²) in [4.78, 5) is 28.6. The Morgan fingerprint density at radius 1 is 1.07 bits per heavy atom. The fraction of sp³-hybridized carbons (Fsp3) is 0.360. The molecule has 0 spiro atoms. The van der Waals surface area contributed by atoms with Crippen LogP contribution in [0.5, 0.6) is 0 Å². The fourth-order valence-corrected chi connectivity index (χ4v) is 4.57. The molecule has 5 rings (SSSR count). The van der Waals surface area contributed by atoms with Crippen molar-refractivity contribution < 1.29 is 13.9 Å². The van der Waals surface area contributed by atoms with Gasteiger partial charge in [0.05, 0.1) is 23.1 Å². The van der Waals surface area contributed by atoms with E-state index in [2.05, 4.69) is 26.0 Å². The van der Waals surface area contributed by atoms with Gasteiger partial charge in [-0.2, -0.15) is 0 Å². The molecular weight excluding hydrogens is 378 g/mol. The zero-order valence-electron chi connectivity index (χ0n) is 17.3. The lowest BCUT2D eigenvalue weighted by Crippen LogP contribution is -2.36. The van der Waals surface area contributed by atoms with E-state index < -0.39 is 6.04 Å². The van der Waals surface area contributed by atoms with Crippen molar-refractivity contribution in [1.82, 2.24) is 4.90 Å². The molecule has 0 radical (unpaired) electrons. The van der Waals surface area contributed by atoms with Gasteiger partial charge in [0.1, 0.15) is 5.58 Å². The maximum atomic E-state index is 13.4. The number of hydrogen-bond donors (Lipinski definition) is 0. The van der Waals surface area contributed by atoms with E-state index in [0.717, 1.165) is 18.4 Å². The summed E-state index contributed by atoms with van der Waals surface area (Å²) in [7, 11) is 0. The summed E-state index contributed by atoms with van der Waals surface area (Å²) in [5, 5.41) is 0.506. The van der Waals surface area contributed by atoms with Gasteiger partial charge in [-0.3, -0.25) is 9.59 Å². The first-order valence-corrected chi connectivity index (χ1v) is 10.6. The van der Waals surface area contributed by atoms with Crippen LogP contribution in [0.4, 0.5) is 0 Å². The van der Waals surface area contributed by atoms with Gasteiger partial charge in [-0.1, -0.05) is 50.2 Å². The summed E-state index contributed by atoms with van der Waals surface area (Å²) in [6.07, 6.45) is 1.90. The molecule has 0 bridgehead atoms. The zero-order valence-corrected chi connectivity index (χ0v) is 17.3. The van der Waals surface area contributed by atoms with Crippen LogP contribution in [0.3, 0.4) is 0 Å². The summed E-state index contributed by atoms with van der Waals surface area (Å²) in [5.74, 6) is 0.337. The minimum atomic E-state index is -0.459. The van der Waals surface area contributed by atoms with Crippen molar-refractivity contribution >= 4 is 16.9 Å². The Kier molecular flexibility index (Phi) is 4.70. The van der Waals surface area contributed by atoms with Crippen molar-refractivity contribution in [2.24, 2.45) is 0 Å². The highest BCUT2D eigenvalue weighted by molar-refractivity contribution is 5.99. The maximum absolute atomic E-state index is 13.4. The normalized spacial score (nSPS) is 21.0. The van der Waals surface area contributed by atoms with Crippen molar-refractivity contribution in [2.45, 2.75) is 44.8 Å². The van der Waals surface area contributed by atoms with Gasteiger partial charge >= 0.3 is 0 Å². The van der Waals surface area contributed by atoms with E-state index >= 15 is 0 Å². The largest absolute Gasteiger partial charge is 0.450 e. The van der Waals surface area contributed by atoms with Crippen molar-refractivity contribution in [3.05, 3.63) is 81.2 Å². The minimum absolute atomic E-state index is 0.00906. The Labute approximate surface area is 175 Å². The molecule has 1 fully saturated rings. The van der Waals surface area contributed by atoms with Gasteiger partial charge < -0.3 is 14.1 Å². The first kappa shape index (κ1) is 19.1. The predicted molar refractivity (Wildman–Crippen MR) is 115 cm³/mol. The van der Waals surface area contributed by atoms with Crippen LogP contribution in [0.25, 0.3) is 11.0 Å². The van der Waals surface area contributed by atoms with Crippen LogP contribution in [0.15, 0.2) is 57.7 Å². The van der Waals surface area contributed by atoms with Gasteiger partial charge in [-0.15, -0.1) is 0 Å². The molecule has 3 heterocycles. The van der Waals surface area contributed by atoms with Crippen LogP contribution in [-0.4, -0.2) is 30.1 Å². The summed E-state index contributed by atoms with van der Waals surface area (Å²) in [5.41, 5.74) is 2.90. The molecule has 30 heavy (non-hydrogen) atoms. The van der Waals surface area contributed by atoms with Crippen LogP contribution < -0.4 is 5.43 Å². The van der Waals surface area contributed by atoms with Crippen LogP contribution in [0, 0.1) is 0 Å². The number of nitrogens with zero attached hydrogens (tertiary/aromatic N) is 1. The van der Waals surface area contributed by atoms with Gasteiger partial charge in [0.25, 0.3) is 5.91 Å². The van der Waals surface area contributed by atoms with E-state index in [4.69, 9.17) is 9.15 Å². The number of amides is 1. The molecule has 1 aromatic heterocycles. The fourth-order valence-electron chi connectivity index (χ4n) is 4.57. The molecule has 2 atom stereocenters. The second-order valence-corrected chi connectivity index (χ2v) is 8.49. The highest BCUT2D eigenvalue weighted by atomic mass is 16.5. The Hall–Kier alpha value is -2.92. The molecule has 5 heteroatoms. The molecule has 0 N–H and O–H groups in total. The van der Waals surface area contributed by atoms with E-state index in [0.29, 0.717) is 35.6 Å².